The third-order valence-electron chi connectivity index (χ3n) is 4.54. The van der Waals surface area contributed by atoms with E-state index in [2.05, 4.69) is 58.6 Å². The molecule has 0 saturated carbocycles. The predicted molar refractivity (Wildman–Crippen MR) is 114 cm³/mol. The molecule has 2 aromatic carbocycles. The number of benzene rings is 2. The van der Waals surface area contributed by atoms with Gasteiger partial charge in [0.25, 0.3) is 0 Å². The first-order valence-corrected chi connectivity index (χ1v) is 10.3. The summed E-state index contributed by atoms with van der Waals surface area (Å²) >= 11 is 7.79. The molecule has 0 amide bonds. The molecule has 4 nitrogen and oxygen atoms in total. The van der Waals surface area contributed by atoms with E-state index in [1.54, 1.807) is 11.8 Å². The maximum atomic E-state index is 6.08. The van der Waals surface area contributed by atoms with E-state index in [0.29, 0.717) is 0 Å². The third kappa shape index (κ3) is 4.72. The summed E-state index contributed by atoms with van der Waals surface area (Å²) in [6, 6.07) is 14.6. The maximum Gasteiger partial charge on any atom is 0.196 e. The van der Waals surface area contributed by atoms with Gasteiger partial charge < -0.3 is 0 Å². The van der Waals surface area contributed by atoms with E-state index < -0.39 is 0 Å². The van der Waals surface area contributed by atoms with Crippen LogP contribution in [0.2, 0.25) is 5.02 Å². The van der Waals surface area contributed by atoms with Crippen molar-refractivity contribution in [1.82, 2.24) is 19.7 Å². The van der Waals surface area contributed by atoms with Crippen molar-refractivity contribution in [3.63, 3.8) is 0 Å². The Morgan fingerprint density at radius 1 is 1.04 bits per heavy atom. The Kier molecular flexibility index (Phi) is 6.25. The highest BCUT2D eigenvalue weighted by Crippen LogP contribution is 2.29. The highest BCUT2D eigenvalue weighted by molar-refractivity contribution is 7.98. The Morgan fingerprint density at radius 3 is 2.26 bits per heavy atom. The molecule has 0 aliphatic heterocycles. The van der Waals surface area contributed by atoms with Gasteiger partial charge in [-0.05, 0) is 64.7 Å². The Balaban J connectivity index is 1.95. The van der Waals surface area contributed by atoms with Crippen molar-refractivity contribution in [3.8, 4) is 5.69 Å². The zero-order valence-electron chi connectivity index (χ0n) is 16.4. The summed E-state index contributed by atoms with van der Waals surface area (Å²) in [5.74, 6) is 1.77. The van der Waals surface area contributed by atoms with Gasteiger partial charge in [-0.25, -0.2) is 0 Å². The van der Waals surface area contributed by atoms with Gasteiger partial charge in [-0.1, -0.05) is 52.7 Å². The van der Waals surface area contributed by atoms with Gasteiger partial charge in [-0.2, -0.15) is 0 Å². The van der Waals surface area contributed by atoms with Crippen LogP contribution in [-0.4, -0.2) is 33.8 Å². The van der Waals surface area contributed by atoms with E-state index in [0.717, 1.165) is 27.4 Å². The maximum absolute atomic E-state index is 6.08. The van der Waals surface area contributed by atoms with E-state index in [1.165, 1.54) is 16.7 Å². The lowest BCUT2D eigenvalue weighted by atomic mass is 10.1. The number of hydrogen-bond acceptors (Lipinski definition) is 4. The number of aryl methyl sites for hydroxylation is 2. The van der Waals surface area contributed by atoms with Gasteiger partial charge in [0.15, 0.2) is 11.0 Å². The molecule has 1 heterocycles. The van der Waals surface area contributed by atoms with E-state index in [9.17, 15) is 0 Å². The molecule has 1 aromatic heterocycles. The number of nitrogens with zero attached hydrogens (tertiary/aromatic N) is 4. The third-order valence-corrected chi connectivity index (χ3v) is 5.79. The van der Waals surface area contributed by atoms with Gasteiger partial charge in [-0.15, -0.1) is 10.2 Å². The zero-order valence-corrected chi connectivity index (χ0v) is 18.0. The predicted octanol–water partition coefficient (Wildman–Crippen LogP) is 5.45. The molecule has 0 N–H and O–H groups in total. The molecular formula is C21H25ClN4S. The minimum atomic E-state index is 0.142. The van der Waals surface area contributed by atoms with Crippen LogP contribution in [0.3, 0.4) is 0 Å². The van der Waals surface area contributed by atoms with Gasteiger partial charge in [0.1, 0.15) is 0 Å². The van der Waals surface area contributed by atoms with Crippen molar-refractivity contribution in [1.29, 1.82) is 0 Å². The van der Waals surface area contributed by atoms with Crippen LogP contribution in [0.1, 0.15) is 35.5 Å². The van der Waals surface area contributed by atoms with Gasteiger partial charge in [0, 0.05) is 16.5 Å². The summed E-state index contributed by atoms with van der Waals surface area (Å²) in [7, 11) is 4.10. The zero-order chi connectivity index (χ0) is 19.6. The van der Waals surface area contributed by atoms with Gasteiger partial charge in [-0.3, -0.25) is 9.47 Å². The minimum absolute atomic E-state index is 0.142. The van der Waals surface area contributed by atoms with Crippen LogP contribution in [0, 0.1) is 13.8 Å². The molecule has 1 unspecified atom stereocenters. The molecular weight excluding hydrogens is 376 g/mol. The fourth-order valence-electron chi connectivity index (χ4n) is 3.01. The second-order valence-electron chi connectivity index (χ2n) is 7.08. The minimum Gasteiger partial charge on any atom is -0.300 e. The largest absolute Gasteiger partial charge is 0.300 e. The first-order valence-electron chi connectivity index (χ1n) is 8.93. The Bertz CT molecular complexity index is 898. The monoisotopic (exact) mass is 400 g/mol. The van der Waals surface area contributed by atoms with Crippen molar-refractivity contribution in [2.45, 2.75) is 37.7 Å². The van der Waals surface area contributed by atoms with Gasteiger partial charge >= 0.3 is 0 Å². The molecule has 0 spiro atoms. The summed E-state index contributed by atoms with van der Waals surface area (Å²) in [6.07, 6.45) is 0. The highest BCUT2D eigenvalue weighted by Gasteiger charge is 2.21. The molecule has 0 saturated heterocycles. The Hall–Kier alpha value is -1.82. The van der Waals surface area contributed by atoms with Crippen LogP contribution in [0.5, 0.6) is 0 Å². The van der Waals surface area contributed by atoms with E-state index >= 15 is 0 Å². The summed E-state index contributed by atoms with van der Waals surface area (Å²) in [5.41, 5.74) is 4.89. The fourth-order valence-corrected chi connectivity index (χ4v) is 4.02. The second kappa shape index (κ2) is 8.46. The first kappa shape index (κ1) is 19.9. The quantitative estimate of drug-likeness (QED) is 0.515. The van der Waals surface area contributed by atoms with Crippen molar-refractivity contribution in [3.05, 3.63) is 70.0 Å². The summed E-state index contributed by atoms with van der Waals surface area (Å²) in [4.78, 5) is 2.13. The van der Waals surface area contributed by atoms with Crippen LogP contribution in [-0.2, 0) is 5.75 Å². The molecule has 0 aliphatic carbocycles. The van der Waals surface area contributed by atoms with Crippen LogP contribution in [0.4, 0.5) is 0 Å². The van der Waals surface area contributed by atoms with E-state index in [1.807, 2.05) is 38.4 Å². The van der Waals surface area contributed by atoms with Crippen molar-refractivity contribution >= 4 is 23.4 Å². The summed E-state index contributed by atoms with van der Waals surface area (Å²) < 4.78 is 2.13. The molecule has 27 heavy (non-hydrogen) atoms. The molecule has 142 valence electrons. The summed E-state index contributed by atoms with van der Waals surface area (Å²) in [6.45, 7) is 6.40. The SMILES string of the molecule is Cc1cc(C)cc(CSc2nnc(C(C)N(C)C)n2-c2ccc(Cl)cc2)c1. The Morgan fingerprint density at radius 2 is 1.67 bits per heavy atom. The first-order chi connectivity index (χ1) is 12.8. The van der Waals surface area contributed by atoms with E-state index in [4.69, 9.17) is 11.6 Å². The topological polar surface area (TPSA) is 34.0 Å². The van der Waals surface area contributed by atoms with Gasteiger partial charge in [0.05, 0.1) is 6.04 Å². The smallest absolute Gasteiger partial charge is 0.196 e. The highest BCUT2D eigenvalue weighted by atomic mass is 35.5. The number of rotatable bonds is 6. The average molecular weight is 401 g/mol. The van der Waals surface area contributed by atoms with Crippen molar-refractivity contribution in [2.75, 3.05) is 14.1 Å². The molecule has 1 atom stereocenters. The van der Waals surface area contributed by atoms with Crippen LogP contribution in [0.25, 0.3) is 5.69 Å². The lowest BCUT2D eigenvalue weighted by Gasteiger charge is -2.20. The normalized spacial score (nSPS) is 12.6. The molecule has 0 fully saturated rings. The second-order valence-corrected chi connectivity index (χ2v) is 8.46. The van der Waals surface area contributed by atoms with Crippen molar-refractivity contribution < 1.29 is 0 Å². The number of hydrogen-bond donors (Lipinski definition) is 0. The standard InChI is InChI=1S/C21H25ClN4S/c1-14-10-15(2)12-17(11-14)13-27-21-24-23-20(16(3)25(4)5)26(21)19-8-6-18(22)7-9-19/h6-12,16H,13H2,1-5H3. The van der Waals surface area contributed by atoms with E-state index in [-0.39, 0.29) is 6.04 Å². The Labute approximate surface area is 170 Å². The lowest BCUT2D eigenvalue weighted by Crippen LogP contribution is -2.20. The van der Waals surface area contributed by atoms with Crippen LogP contribution >= 0.6 is 23.4 Å². The number of thioether (sulfide) groups is 1. The molecule has 0 bridgehead atoms. The fraction of sp³-hybridized carbons (Fsp3) is 0.333. The molecule has 0 radical (unpaired) electrons. The average Bonchev–Trinajstić information content (AvgIpc) is 3.03. The summed E-state index contributed by atoms with van der Waals surface area (Å²) in [5, 5.41) is 10.6. The van der Waals surface area contributed by atoms with Crippen LogP contribution < -0.4 is 0 Å². The van der Waals surface area contributed by atoms with Crippen molar-refractivity contribution in [2.24, 2.45) is 0 Å². The molecule has 3 aromatic rings. The number of aromatic nitrogens is 3. The molecule has 3 rings (SSSR count). The van der Waals surface area contributed by atoms with Gasteiger partial charge in [0.2, 0.25) is 0 Å². The lowest BCUT2D eigenvalue weighted by molar-refractivity contribution is 0.305. The molecule has 6 heteroatoms. The number of halogens is 1. The van der Waals surface area contributed by atoms with Crippen LogP contribution in [0.15, 0.2) is 47.6 Å². The molecule has 0 aliphatic rings.